The molecule has 0 spiro atoms. The molecule has 0 radical (unpaired) electrons. The maximum absolute atomic E-state index is 10.1. The fourth-order valence-corrected chi connectivity index (χ4v) is 4.96. The lowest BCUT2D eigenvalue weighted by atomic mass is 9.98. The number of pyridine rings is 2. The van der Waals surface area contributed by atoms with Crippen LogP contribution < -0.4 is 15.2 Å². The van der Waals surface area contributed by atoms with Gasteiger partial charge in [0.05, 0.1) is 25.5 Å². The molecule has 11 heteroatoms. The topological polar surface area (TPSA) is 164 Å². The first-order valence-corrected chi connectivity index (χ1v) is 12.9. The molecule has 0 atom stereocenters. The summed E-state index contributed by atoms with van der Waals surface area (Å²) in [4.78, 5) is 13.4. The first-order chi connectivity index (χ1) is 18.9. The molecule has 0 unspecified atom stereocenters. The third kappa shape index (κ3) is 5.80. The Morgan fingerprint density at radius 1 is 1.03 bits per heavy atom. The number of methoxy groups -OCH3 is 2. The summed E-state index contributed by atoms with van der Waals surface area (Å²) < 4.78 is 16.6. The fourth-order valence-electron chi connectivity index (χ4n) is 3.96. The molecule has 0 amide bonds. The summed E-state index contributed by atoms with van der Waals surface area (Å²) in [5.41, 5.74) is 9.68. The van der Waals surface area contributed by atoms with E-state index in [1.54, 1.807) is 38.6 Å². The Morgan fingerprint density at radius 3 is 2.41 bits per heavy atom. The van der Waals surface area contributed by atoms with Crippen molar-refractivity contribution in [2.24, 2.45) is 0 Å². The van der Waals surface area contributed by atoms with Crippen molar-refractivity contribution in [1.82, 2.24) is 15.0 Å². The molecule has 3 heterocycles. The molecule has 4 aromatic rings. The molecular formula is C28H26N6O4S. The number of nitrogen functional groups attached to an aromatic ring is 1. The van der Waals surface area contributed by atoms with E-state index >= 15 is 0 Å². The van der Waals surface area contributed by atoms with Crippen LogP contribution in [0.5, 0.6) is 11.5 Å². The van der Waals surface area contributed by atoms with E-state index in [-0.39, 0.29) is 23.6 Å². The molecule has 0 fully saturated rings. The van der Waals surface area contributed by atoms with Crippen LogP contribution in [-0.4, -0.2) is 40.9 Å². The molecule has 0 aliphatic carbocycles. The summed E-state index contributed by atoms with van der Waals surface area (Å²) in [7, 11) is 3.13. The number of aryl methyl sites for hydroxylation is 2. The number of oxazole rings is 1. The second-order valence-electron chi connectivity index (χ2n) is 8.40. The molecule has 4 rings (SSSR count). The zero-order valence-electron chi connectivity index (χ0n) is 21.7. The van der Waals surface area contributed by atoms with E-state index in [9.17, 15) is 10.5 Å². The quantitative estimate of drug-likeness (QED) is 0.268. The minimum atomic E-state index is 0.0289. The Morgan fingerprint density at radius 2 is 1.77 bits per heavy atom. The highest BCUT2D eigenvalue weighted by Crippen LogP contribution is 2.38. The number of thioether (sulfide) groups is 1. The van der Waals surface area contributed by atoms with Gasteiger partial charge in [0.15, 0.2) is 11.5 Å². The zero-order valence-corrected chi connectivity index (χ0v) is 22.5. The van der Waals surface area contributed by atoms with Gasteiger partial charge in [-0.2, -0.15) is 10.5 Å². The molecule has 0 saturated carbocycles. The van der Waals surface area contributed by atoms with Gasteiger partial charge in [-0.1, -0.05) is 17.8 Å². The van der Waals surface area contributed by atoms with Crippen molar-refractivity contribution in [3.05, 3.63) is 64.8 Å². The third-order valence-corrected chi connectivity index (χ3v) is 6.98. The number of aromatic nitrogens is 3. The van der Waals surface area contributed by atoms with Crippen LogP contribution in [0.4, 0.5) is 5.82 Å². The standard InChI is InChI=1S/C28H26N6O4S/c1-16-22(33-27(38-16)17-7-9-23(36-2)24(11-17)37-3)15-39-28-21(13-30)25(20(12-29)26(31)34-28)18-6-8-19(32-14-18)5-4-10-35/h6-9,11,14,35H,4-5,10,15H2,1-3H3,(H2,31,34). The number of hydrogen-bond donors (Lipinski definition) is 2. The summed E-state index contributed by atoms with van der Waals surface area (Å²) in [6.07, 6.45) is 2.82. The number of nitriles is 2. The highest BCUT2D eigenvalue weighted by molar-refractivity contribution is 7.98. The van der Waals surface area contributed by atoms with Crippen molar-refractivity contribution in [2.45, 2.75) is 30.5 Å². The van der Waals surface area contributed by atoms with E-state index in [2.05, 4.69) is 27.1 Å². The maximum atomic E-state index is 10.1. The second-order valence-corrected chi connectivity index (χ2v) is 9.36. The molecule has 3 N–H and O–H groups in total. The smallest absolute Gasteiger partial charge is 0.226 e. The number of aliphatic hydroxyl groups is 1. The number of ether oxygens (including phenoxy) is 2. The molecule has 3 aromatic heterocycles. The van der Waals surface area contributed by atoms with Crippen LogP contribution in [0.3, 0.4) is 0 Å². The van der Waals surface area contributed by atoms with Crippen LogP contribution in [0.2, 0.25) is 0 Å². The van der Waals surface area contributed by atoms with Crippen LogP contribution in [0.1, 0.15) is 34.7 Å². The molecule has 198 valence electrons. The molecular weight excluding hydrogens is 516 g/mol. The summed E-state index contributed by atoms with van der Waals surface area (Å²) in [5.74, 6) is 2.58. The van der Waals surface area contributed by atoms with Crippen molar-refractivity contribution in [3.8, 4) is 46.2 Å². The van der Waals surface area contributed by atoms with Crippen molar-refractivity contribution >= 4 is 17.6 Å². The number of nitrogens with zero attached hydrogens (tertiary/aromatic N) is 5. The van der Waals surface area contributed by atoms with E-state index in [1.807, 2.05) is 19.1 Å². The molecule has 0 aliphatic rings. The van der Waals surface area contributed by atoms with Gasteiger partial charge in [-0.15, -0.1) is 0 Å². The average molecular weight is 543 g/mol. The normalized spacial score (nSPS) is 10.6. The predicted octanol–water partition coefficient (Wildman–Crippen LogP) is 4.67. The van der Waals surface area contributed by atoms with Crippen molar-refractivity contribution in [3.63, 3.8) is 0 Å². The Labute approximate surface area is 230 Å². The van der Waals surface area contributed by atoms with E-state index in [0.29, 0.717) is 63.6 Å². The monoisotopic (exact) mass is 542 g/mol. The van der Waals surface area contributed by atoms with Gasteiger partial charge in [0.1, 0.15) is 34.3 Å². The van der Waals surface area contributed by atoms with Gasteiger partial charge in [-0.05, 0) is 44.0 Å². The van der Waals surface area contributed by atoms with Crippen LogP contribution in [0.25, 0.3) is 22.6 Å². The van der Waals surface area contributed by atoms with Crippen LogP contribution in [-0.2, 0) is 12.2 Å². The van der Waals surface area contributed by atoms with Gasteiger partial charge < -0.3 is 24.7 Å². The minimum absolute atomic E-state index is 0.0289. The lowest BCUT2D eigenvalue weighted by Crippen LogP contribution is -2.04. The zero-order chi connectivity index (χ0) is 27.9. The number of nitrogens with two attached hydrogens (primary N) is 1. The largest absolute Gasteiger partial charge is 0.493 e. The summed E-state index contributed by atoms with van der Waals surface area (Å²) in [6.45, 7) is 1.89. The number of benzene rings is 1. The van der Waals surface area contributed by atoms with Crippen molar-refractivity contribution in [1.29, 1.82) is 10.5 Å². The van der Waals surface area contributed by atoms with Gasteiger partial charge in [0.2, 0.25) is 5.89 Å². The van der Waals surface area contributed by atoms with E-state index in [1.165, 1.54) is 11.8 Å². The summed E-state index contributed by atoms with van der Waals surface area (Å²) in [5, 5.41) is 29.3. The molecule has 0 saturated heterocycles. The van der Waals surface area contributed by atoms with Crippen LogP contribution in [0.15, 0.2) is 46.0 Å². The Hall–Kier alpha value is -4.58. The van der Waals surface area contributed by atoms with Gasteiger partial charge in [-0.25, -0.2) is 9.97 Å². The van der Waals surface area contributed by atoms with Crippen LogP contribution >= 0.6 is 11.8 Å². The molecule has 0 bridgehead atoms. The average Bonchev–Trinajstić information content (AvgIpc) is 3.34. The van der Waals surface area contributed by atoms with Gasteiger partial charge in [0, 0.05) is 40.9 Å². The van der Waals surface area contributed by atoms with E-state index in [4.69, 9.17) is 24.7 Å². The number of hydrogen-bond acceptors (Lipinski definition) is 11. The SMILES string of the molecule is COc1ccc(-c2nc(CSc3nc(N)c(C#N)c(-c4ccc(CCCO)nc4)c3C#N)c(C)o2)cc1OC. The highest BCUT2D eigenvalue weighted by Gasteiger charge is 2.22. The lowest BCUT2D eigenvalue weighted by molar-refractivity contribution is 0.288. The molecule has 10 nitrogen and oxygen atoms in total. The lowest BCUT2D eigenvalue weighted by Gasteiger charge is -2.13. The third-order valence-electron chi connectivity index (χ3n) is 5.99. The van der Waals surface area contributed by atoms with Crippen molar-refractivity contribution in [2.75, 3.05) is 26.6 Å². The van der Waals surface area contributed by atoms with Gasteiger partial charge in [0.25, 0.3) is 0 Å². The molecule has 1 aromatic carbocycles. The fraction of sp³-hybridized carbons (Fsp3) is 0.250. The van der Waals surface area contributed by atoms with Gasteiger partial charge >= 0.3 is 0 Å². The summed E-state index contributed by atoms with van der Waals surface area (Å²) >= 11 is 1.28. The molecule has 39 heavy (non-hydrogen) atoms. The Kier molecular flexibility index (Phi) is 8.67. The van der Waals surface area contributed by atoms with Crippen molar-refractivity contribution < 1.29 is 19.0 Å². The number of rotatable bonds is 10. The number of aliphatic hydroxyl groups excluding tert-OH is 1. The van der Waals surface area contributed by atoms with E-state index in [0.717, 1.165) is 11.3 Å². The second kappa shape index (κ2) is 12.3. The Balaban J connectivity index is 1.65. The number of anilines is 1. The first kappa shape index (κ1) is 27.5. The molecule has 0 aliphatic heterocycles. The summed E-state index contributed by atoms with van der Waals surface area (Å²) in [6, 6.07) is 13.3. The predicted molar refractivity (Wildman–Crippen MR) is 146 cm³/mol. The Bertz CT molecular complexity index is 1570. The highest BCUT2D eigenvalue weighted by atomic mass is 32.2. The van der Waals surface area contributed by atoms with Gasteiger partial charge in [-0.3, -0.25) is 4.98 Å². The minimum Gasteiger partial charge on any atom is -0.493 e. The first-order valence-electron chi connectivity index (χ1n) is 11.9. The maximum Gasteiger partial charge on any atom is 0.226 e. The van der Waals surface area contributed by atoms with Crippen LogP contribution in [0, 0.1) is 29.6 Å². The van der Waals surface area contributed by atoms with E-state index < -0.39 is 0 Å².